The molecular weight excluding hydrogens is 529 g/mol. The number of carbonyl (C=O) groups is 2. The zero-order valence-corrected chi connectivity index (χ0v) is 24.0. The number of anilines is 1. The van der Waals surface area contributed by atoms with Gasteiger partial charge < -0.3 is 10.2 Å². The van der Waals surface area contributed by atoms with Gasteiger partial charge in [0.2, 0.25) is 11.8 Å². The van der Waals surface area contributed by atoms with Crippen molar-refractivity contribution in [2.75, 3.05) is 10.8 Å². The van der Waals surface area contributed by atoms with E-state index in [0.29, 0.717) is 16.8 Å². The molecule has 1 atom stereocenters. The topological polar surface area (TPSA) is 86.8 Å². The number of aryl methyl sites for hydroxylation is 2. The standard InChI is InChI=1S/C31H36FN3O4S/c1-22-13-14-23(2)29(19-22)35(40(38,39)28-11-5-4-6-12-28)21-30(36)34(20-25-15-17-26(32)18-16-25)24(3)31(37)33-27-9-7-8-10-27/h4-6,11-19,24,27H,7-10,20-21H2,1-3H3,(H,33,37)/t24-/m1/s1. The molecule has 212 valence electrons. The predicted molar refractivity (Wildman–Crippen MR) is 154 cm³/mol. The van der Waals surface area contributed by atoms with Gasteiger partial charge in [-0.3, -0.25) is 13.9 Å². The SMILES string of the molecule is Cc1ccc(C)c(N(CC(=O)N(Cc2ccc(F)cc2)[C@H](C)C(=O)NC2CCCC2)S(=O)(=O)c2ccccc2)c1. The lowest BCUT2D eigenvalue weighted by Gasteiger charge is -2.33. The highest BCUT2D eigenvalue weighted by molar-refractivity contribution is 7.92. The molecule has 0 heterocycles. The van der Waals surface area contributed by atoms with E-state index in [-0.39, 0.29) is 23.4 Å². The normalized spacial score (nSPS) is 14.5. The second-order valence-corrected chi connectivity index (χ2v) is 12.3. The highest BCUT2D eigenvalue weighted by Crippen LogP contribution is 2.28. The summed E-state index contributed by atoms with van der Waals surface area (Å²) in [5, 5.41) is 3.04. The molecule has 0 spiro atoms. The molecule has 0 aromatic heterocycles. The van der Waals surface area contributed by atoms with Gasteiger partial charge in [0.05, 0.1) is 10.6 Å². The first-order valence-electron chi connectivity index (χ1n) is 13.6. The third-order valence-corrected chi connectivity index (χ3v) is 9.15. The van der Waals surface area contributed by atoms with Gasteiger partial charge in [-0.05, 0) is 80.6 Å². The van der Waals surface area contributed by atoms with Crippen molar-refractivity contribution >= 4 is 27.5 Å². The molecule has 3 aromatic carbocycles. The minimum absolute atomic E-state index is 0.0182. The van der Waals surface area contributed by atoms with E-state index in [9.17, 15) is 22.4 Å². The van der Waals surface area contributed by atoms with Crippen molar-refractivity contribution in [3.8, 4) is 0 Å². The average Bonchev–Trinajstić information content (AvgIpc) is 3.45. The van der Waals surface area contributed by atoms with Crippen LogP contribution in [0.3, 0.4) is 0 Å². The van der Waals surface area contributed by atoms with Crippen LogP contribution in [0.15, 0.2) is 77.7 Å². The molecule has 1 aliphatic rings. The Balaban J connectivity index is 1.70. The minimum atomic E-state index is -4.13. The Hall–Kier alpha value is -3.72. The molecule has 9 heteroatoms. The number of nitrogens with zero attached hydrogens (tertiary/aromatic N) is 2. The molecule has 0 aliphatic heterocycles. The third-order valence-electron chi connectivity index (χ3n) is 7.38. The Labute approximate surface area is 236 Å². The number of carbonyl (C=O) groups excluding carboxylic acids is 2. The molecule has 7 nitrogen and oxygen atoms in total. The molecule has 4 rings (SSSR count). The second kappa shape index (κ2) is 12.6. The van der Waals surface area contributed by atoms with E-state index in [4.69, 9.17) is 0 Å². The van der Waals surface area contributed by atoms with Crippen molar-refractivity contribution in [2.45, 2.75) is 70.0 Å². The summed E-state index contributed by atoms with van der Waals surface area (Å²) >= 11 is 0. The molecule has 0 bridgehead atoms. The Morgan fingerprint density at radius 1 is 0.975 bits per heavy atom. The van der Waals surface area contributed by atoms with E-state index in [1.54, 1.807) is 50.2 Å². The molecule has 3 aromatic rings. The summed E-state index contributed by atoms with van der Waals surface area (Å²) in [5.41, 5.74) is 2.55. The summed E-state index contributed by atoms with van der Waals surface area (Å²) in [6.07, 6.45) is 3.86. The summed E-state index contributed by atoms with van der Waals surface area (Å²) in [6.45, 7) is 4.79. The van der Waals surface area contributed by atoms with Crippen LogP contribution < -0.4 is 9.62 Å². The van der Waals surface area contributed by atoms with Crippen molar-refractivity contribution < 1.29 is 22.4 Å². The zero-order chi connectivity index (χ0) is 28.9. The summed E-state index contributed by atoms with van der Waals surface area (Å²) in [4.78, 5) is 28.7. The van der Waals surface area contributed by atoms with E-state index in [0.717, 1.165) is 35.6 Å². The smallest absolute Gasteiger partial charge is 0.264 e. The van der Waals surface area contributed by atoms with Crippen LogP contribution in [-0.2, 0) is 26.2 Å². The van der Waals surface area contributed by atoms with E-state index in [1.165, 1.54) is 29.2 Å². The predicted octanol–water partition coefficient (Wildman–Crippen LogP) is 5.11. The number of sulfonamides is 1. The van der Waals surface area contributed by atoms with E-state index in [2.05, 4.69) is 5.32 Å². The number of nitrogens with one attached hydrogen (secondary N) is 1. The van der Waals surface area contributed by atoms with Crippen molar-refractivity contribution in [1.82, 2.24) is 10.2 Å². The van der Waals surface area contributed by atoms with Gasteiger partial charge >= 0.3 is 0 Å². The fraction of sp³-hybridized carbons (Fsp3) is 0.355. The lowest BCUT2D eigenvalue weighted by molar-refractivity contribution is -0.139. The number of hydrogen-bond acceptors (Lipinski definition) is 4. The Bertz CT molecular complexity index is 1440. The van der Waals surface area contributed by atoms with Gasteiger partial charge in [0.15, 0.2) is 0 Å². The lowest BCUT2D eigenvalue weighted by Crippen LogP contribution is -2.52. The van der Waals surface area contributed by atoms with Crippen molar-refractivity contribution in [3.63, 3.8) is 0 Å². The Morgan fingerprint density at radius 2 is 1.62 bits per heavy atom. The Kier molecular flexibility index (Phi) is 9.25. The number of rotatable bonds is 10. The highest BCUT2D eigenvalue weighted by atomic mass is 32.2. The molecule has 2 amide bonds. The summed E-state index contributed by atoms with van der Waals surface area (Å²) in [7, 11) is -4.13. The lowest BCUT2D eigenvalue weighted by atomic mass is 10.1. The van der Waals surface area contributed by atoms with Gasteiger partial charge in [-0.1, -0.05) is 55.3 Å². The fourth-order valence-electron chi connectivity index (χ4n) is 4.98. The molecular formula is C31H36FN3O4S. The molecule has 1 aliphatic carbocycles. The zero-order valence-electron chi connectivity index (χ0n) is 23.1. The second-order valence-electron chi connectivity index (χ2n) is 10.4. The summed E-state index contributed by atoms with van der Waals surface area (Å²) in [5.74, 6) is -1.26. The number of benzene rings is 3. The first-order chi connectivity index (χ1) is 19.1. The quantitative estimate of drug-likeness (QED) is 0.370. The molecule has 1 fully saturated rings. The first kappa shape index (κ1) is 29.3. The maximum Gasteiger partial charge on any atom is 0.264 e. The van der Waals surface area contributed by atoms with E-state index in [1.807, 2.05) is 19.1 Å². The maximum absolute atomic E-state index is 14.0. The van der Waals surface area contributed by atoms with Crippen molar-refractivity contribution in [3.05, 3.63) is 95.3 Å². The fourth-order valence-corrected chi connectivity index (χ4v) is 6.47. The van der Waals surface area contributed by atoms with E-state index >= 15 is 0 Å². The molecule has 0 unspecified atom stereocenters. The van der Waals surface area contributed by atoms with Crippen LogP contribution in [0.2, 0.25) is 0 Å². The first-order valence-corrected chi connectivity index (χ1v) is 15.0. The van der Waals surface area contributed by atoms with Crippen LogP contribution in [0, 0.1) is 19.7 Å². The average molecular weight is 566 g/mol. The van der Waals surface area contributed by atoms with Crippen LogP contribution in [-0.4, -0.2) is 43.8 Å². The van der Waals surface area contributed by atoms with E-state index < -0.39 is 34.3 Å². The largest absolute Gasteiger partial charge is 0.352 e. The van der Waals surface area contributed by atoms with Gasteiger partial charge in [0.1, 0.15) is 18.4 Å². The third kappa shape index (κ3) is 6.88. The van der Waals surface area contributed by atoms with Gasteiger partial charge in [0, 0.05) is 12.6 Å². The minimum Gasteiger partial charge on any atom is -0.352 e. The van der Waals surface area contributed by atoms with Crippen molar-refractivity contribution in [2.24, 2.45) is 0 Å². The number of amides is 2. The van der Waals surface area contributed by atoms with Gasteiger partial charge in [-0.2, -0.15) is 0 Å². The Morgan fingerprint density at radius 3 is 2.27 bits per heavy atom. The number of hydrogen-bond donors (Lipinski definition) is 1. The molecule has 40 heavy (non-hydrogen) atoms. The van der Waals surface area contributed by atoms with Crippen LogP contribution >= 0.6 is 0 Å². The monoisotopic (exact) mass is 565 g/mol. The molecule has 0 saturated heterocycles. The van der Waals surface area contributed by atoms with Gasteiger partial charge in [-0.25, -0.2) is 12.8 Å². The molecule has 1 N–H and O–H groups in total. The maximum atomic E-state index is 14.0. The number of halogens is 1. The summed E-state index contributed by atoms with van der Waals surface area (Å²) < 4.78 is 42.6. The van der Waals surface area contributed by atoms with Crippen molar-refractivity contribution in [1.29, 1.82) is 0 Å². The van der Waals surface area contributed by atoms with Crippen LogP contribution in [0.25, 0.3) is 0 Å². The highest BCUT2D eigenvalue weighted by Gasteiger charge is 2.33. The summed E-state index contributed by atoms with van der Waals surface area (Å²) in [6, 6.07) is 18.3. The van der Waals surface area contributed by atoms with Gasteiger partial charge in [0.25, 0.3) is 10.0 Å². The molecule has 1 saturated carbocycles. The van der Waals surface area contributed by atoms with Crippen LogP contribution in [0.4, 0.5) is 10.1 Å². The van der Waals surface area contributed by atoms with Crippen LogP contribution in [0.5, 0.6) is 0 Å². The van der Waals surface area contributed by atoms with Crippen LogP contribution in [0.1, 0.15) is 49.3 Å². The van der Waals surface area contributed by atoms with Gasteiger partial charge in [-0.15, -0.1) is 0 Å². The molecule has 0 radical (unpaired) electrons.